The van der Waals surface area contributed by atoms with Crippen molar-refractivity contribution in [1.82, 2.24) is 14.8 Å². The molecule has 0 atom stereocenters. The van der Waals surface area contributed by atoms with Crippen LogP contribution in [0, 0.1) is 27.7 Å². The van der Waals surface area contributed by atoms with Crippen molar-refractivity contribution < 1.29 is 4.79 Å². The lowest BCUT2D eigenvalue weighted by Gasteiger charge is -2.09. The normalized spacial score (nSPS) is 10.9. The minimum atomic E-state index is -0.233. The molecule has 0 aliphatic rings. The molecule has 25 heavy (non-hydrogen) atoms. The van der Waals surface area contributed by atoms with Crippen molar-refractivity contribution in [2.24, 2.45) is 0 Å². The van der Waals surface area contributed by atoms with Gasteiger partial charge in [0, 0.05) is 22.3 Å². The molecule has 0 bridgehead atoms. The van der Waals surface area contributed by atoms with Crippen molar-refractivity contribution in [2.75, 3.05) is 5.32 Å². The van der Waals surface area contributed by atoms with E-state index in [0.29, 0.717) is 16.4 Å². The minimum absolute atomic E-state index is 0.0197. The highest BCUT2D eigenvalue weighted by Gasteiger charge is 2.17. The molecule has 3 aromatic rings. The molecule has 7 heteroatoms. The van der Waals surface area contributed by atoms with Crippen LogP contribution in [0.2, 0.25) is 0 Å². The van der Waals surface area contributed by atoms with Crippen molar-refractivity contribution >= 4 is 22.9 Å². The second-order valence-electron chi connectivity index (χ2n) is 6.10. The van der Waals surface area contributed by atoms with E-state index in [1.165, 1.54) is 16.0 Å². The van der Waals surface area contributed by atoms with Gasteiger partial charge >= 0.3 is 0 Å². The first-order valence-corrected chi connectivity index (χ1v) is 8.84. The van der Waals surface area contributed by atoms with Gasteiger partial charge < -0.3 is 5.32 Å². The highest BCUT2D eigenvalue weighted by Crippen LogP contribution is 2.18. The number of aromatic nitrogens is 3. The monoisotopic (exact) mass is 356 g/mol. The summed E-state index contributed by atoms with van der Waals surface area (Å²) in [6.45, 7) is 7.62. The third-order valence-electron chi connectivity index (χ3n) is 4.21. The Kier molecular flexibility index (Phi) is 4.59. The molecule has 0 radical (unpaired) electrons. The van der Waals surface area contributed by atoms with E-state index in [9.17, 15) is 9.59 Å². The van der Waals surface area contributed by atoms with Crippen LogP contribution in [0.1, 0.15) is 28.1 Å². The summed E-state index contributed by atoms with van der Waals surface area (Å²) in [7, 11) is 0. The van der Waals surface area contributed by atoms with Crippen molar-refractivity contribution in [3.8, 4) is 5.13 Å². The smallest absolute Gasteiger partial charge is 0.277 e. The van der Waals surface area contributed by atoms with Gasteiger partial charge in [0.2, 0.25) is 11.0 Å². The molecule has 1 amide bonds. The number of nitrogens with zero attached hydrogens (tertiary/aromatic N) is 2. The zero-order valence-corrected chi connectivity index (χ0v) is 15.5. The molecule has 3 rings (SSSR count). The fraction of sp³-hybridized carbons (Fsp3) is 0.278. The lowest BCUT2D eigenvalue weighted by atomic mass is 10.1. The van der Waals surface area contributed by atoms with Crippen LogP contribution >= 0.6 is 11.3 Å². The van der Waals surface area contributed by atoms with Gasteiger partial charge in [-0.2, -0.15) is 4.68 Å². The van der Waals surface area contributed by atoms with Gasteiger partial charge in [0.25, 0.3) is 5.56 Å². The van der Waals surface area contributed by atoms with Gasteiger partial charge in [0.05, 0.1) is 12.1 Å². The van der Waals surface area contributed by atoms with Crippen LogP contribution in [0.3, 0.4) is 0 Å². The summed E-state index contributed by atoms with van der Waals surface area (Å²) in [5, 5.41) is 8.35. The molecule has 0 unspecified atom stereocenters. The van der Waals surface area contributed by atoms with E-state index in [-0.39, 0.29) is 17.9 Å². The van der Waals surface area contributed by atoms with Gasteiger partial charge in [-0.3, -0.25) is 14.7 Å². The fourth-order valence-corrected chi connectivity index (χ4v) is 3.37. The molecule has 0 aliphatic carbocycles. The first-order valence-electron chi connectivity index (χ1n) is 7.96. The second-order valence-corrected chi connectivity index (χ2v) is 6.94. The standard InChI is InChI=1S/C18H20N4O2S/c1-10-6-5-7-15(12(10)3)20-16(23)8-14-13(4)21-22(17(14)24)18-19-11(2)9-25-18/h5-7,9,21H,8H2,1-4H3,(H,20,23). The molecule has 0 saturated carbocycles. The van der Waals surface area contributed by atoms with E-state index in [1.807, 2.05) is 44.4 Å². The maximum atomic E-state index is 12.6. The second kappa shape index (κ2) is 6.68. The number of aromatic amines is 1. The molecular formula is C18H20N4O2S. The number of carbonyl (C=O) groups is 1. The number of benzene rings is 1. The molecule has 2 heterocycles. The van der Waals surface area contributed by atoms with Crippen molar-refractivity contribution in [3.05, 3.63) is 62.0 Å². The number of aryl methyl sites for hydroxylation is 3. The molecule has 0 fully saturated rings. The van der Waals surface area contributed by atoms with E-state index >= 15 is 0 Å². The summed E-state index contributed by atoms with van der Waals surface area (Å²) >= 11 is 1.38. The largest absolute Gasteiger partial charge is 0.326 e. The lowest BCUT2D eigenvalue weighted by Crippen LogP contribution is -2.22. The molecule has 0 aliphatic heterocycles. The Bertz CT molecular complexity index is 997. The van der Waals surface area contributed by atoms with Gasteiger partial charge in [-0.05, 0) is 44.9 Å². The minimum Gasteiger partial charge on any atom is -0.326 e. The summed E-state index contributed by atoms with van der Waals surface area (Å²) in [5.74, 6) is -0.213. The van der Waals surface area contributed by atoms with Crippen molar-refractivity contribution in [1.29, 1.82) is 0 Å². The predicted molar refractivity (Wildman–Crippen MR) is 99.8 cm³/mol. The number of thiazole rings is 1. The average Bonchev–Trinajstić information content (AvgIpc) is 3.10. The van der Waals surface area contributed by atoms with Gasteiger partial charge in [0.1, 0.15) is 0 Å². The third-order valence-corrected chi connectivity index (χ3v) is 5.15. The molecule has 6 nitrogen and oxygen atoms in total. The quantitative estimate of drug-likeness (QED) is 0.754. The topological polar surface area (TPSA) is 79.8 Å². The number of carbonyl (C=O) groups excluding carboxylic acids is 1. The van der Waals surface area contributed by atoms with Gasteiger partial charge in [-0.1, -0.05) is 12.1 Å². The fourth-order valence-electron chi connectivity index (χ4n) is 2.61. The van der Waals surface area contributed by atoms with E-state index in [2.05, 4.69) is 15.4 Å². The summed E-state index contributed by atoms with van der Waals surface area (Å²) in [6.07, 6.45) is 0.0197. The van der Waals surface area contributed by atoms with Gasteiger partial charge in [-0.15, -0.1) is 11.3 Å². The highest BCUT2D eigenvalue weighted by atomic mass is 32.1. The molecule has 130 valence electrons. The van der Waals surface area contributed by atoms with Crippen molar-refractivity contribution in [2.45, 2.75) is 34.1 Å². The number of H-pyrrole nitrogens is 1. The van der Waals surface area contributed by atoms with Crippen LogP contribution < -0.4 is 10.9 Å². The molecular weight excluding hydrogens is 336 g/mol. The molecule has 0 spiro atoms. The van der Waals surface area contributed by atoms with Crippen LogP contribution in [0.25, 0.3) is 5.13 Å². The summed E-state index contributed by atoms with van der Waals surface area (Å²) in [6, 6.07) is 5.76. The molecule has 1 aromatic carbocycles. The Labute approximate surface area is 149 Å². The van der Waals surface area contributed by atoms with E-state index < -0.39 is 0 Å². The Morgan fingerprint density at radius 2 is 2.04 bits per heavy atom. The Morgan fingerprint density at radius 3 is 2.72 bits per heavy atom. The van der Waals surface area contributed by atoms with Crippen molar-refractivity contribution in [3.63, 3.8) is 0 Å². The number of amides is 1. The zero-order valence-electron chi connectivity index (χ0n) is 14.6. The van der Waals surface area contributed by atoms with E-state index in [0.717, 1.165) is 22.5 Å². The SMILES string of the molecule is Cc1csc(-n2[nH]c(C)c(CC(=O)Nc3cccc(C)c3C)c2=O)n1. The summed E-state index contributed by atoms with van der Waals surface area (Å²) in [4.78, 5) is 29.4. The third kappa shape index (κ3) is 3.41. The maximum absolute atomic E-state index is 12.6. The van der Waals surface area contributed by atoms with Crippen LogP contribution in [-0.4, -0.2) is 20.7 Å². The molecule has 2 N–H and O–H groups in total. The number of rotatable bonds is 4. The Morgan fingerprint density at radius 1 is 1.28 bits per heavy atom. The summed E-state index contributed by atoms with van der Waals surface area (Å²) in [5.41, 5.74) is 4.66. The van der Waals surface area contributed by atoms with Crippen LogP contribution in [0.5, 0.6) is 0 Å². The first-order chi connectivity index (χ1) is 11.9. The van der Waals surface area contributed by atoms with Crippen LogP contribution in [0.15, 0.2) is 28.4 Å². The maximum Gasteiger partial charge on any atom is 0.277 e. The number of anilines is 1. The Balaban J connectivity index is 1.83. The van der Waals surface area contributed by atoms with Crippen LogP contribution in [0.4, 0.5) is 5.69 Å². The lowest BCUT2D eigenvalue weighted by molar-refractivity contribution is -0.115. The molecule has 0 saturated heterocycles. The number of hydrogen-bond acceptors (Lipinski definition) is 4. The molecule has 2 aromatic heterocycles. The van der Waals surface area contributed by atoms with E-state index in [4.69, 9.17) is 0 Å². The summed E-state index contributed by atoms with van der Waals surface area (Å²) < 4.78 is 1.40. The van der Waals surface area contributed by atoms with E-state index in [1.54, 1.807) is 6.92 Å². The number of hydrogen-bond donors (Lipinski definition) is 2. The number of nitrogens with one attached hydrogen (secondary N) is 2. The van der Waals surface area contributed by atoms with Crippen LogP contribution in [-0.2, 0) is 11.2 Å². The average molecular weight is 356 g/mol. The zero-order chi connectivity index (χ0) is 18.1. The first kappa shape index (κ1) is 17.2. The van der Waals surface area contributed by atoms with Gasteiger partial charge in [0.15, 0.2) is 0 Å². The predicted octanol–water partition coefficient (Wildman–Crippen LogP) is 3.04. The Hall–Kier alpha value is -2.67. The van der Waals surface area contributed by atoms with Gasteiger partial charge in [-0.25, -0.2) is 4.98 Å². The highest BCUT2D eigenvalue weighted by molar-refractivity contribution is 7.12.